The Bertz CT molecular complexity index is 367. The van der Waals surface area contributed by atoms with Gasteiger partial charge in [-0.05, 0) is 30.2 Å². The standard InChI is InChI=1S/C11H11NS/c1-11(8-12)10-5-3-2-4-9(10)6-7-13-11/h2-5H,6-7H2,1H3. The van der Waals surface area contributed by atoms with E-state index in [1.54, 1.807) is 11.8 Å². The summed E-state index contributed by atoms with van der Waals surface area (Å²) >= 11 is 1.75. The molecule has 1 aromatic carbocycles. The largest absolute Gasteiger partial charge is 0.196 e. The van der Waals surface area contributed by atoms with E-state index in [0.717, 1.165) is 12.2 Å². The van der Waals surface area contributed by atoms with Gasteiger partial charge in [0.15, 0.2) is 0 Å². The van der Waals surface area contributed by atoms with Crippen LogP contribution in [0.4, 0.5) is 0 Å². The van der Waals surface area contributed by atoms with E-state index in [9.17, 15) is 0 Å². The van der Waals surface area contributed by atoms with Crippen molar-refractivity contribution < 1.29 is 0 Å². The third kappa shape index (κ3) is 1.34. The summed E-state index contributed by atoms with van der Waals surface area (Å²) in [5.41, 5.74) is 2.54. The molecule has 0 saturated heterocycles. The van der Waals surface area contributed by atoms with Crippen LogP contribution in [0.3, 0.4) is 0 Å². The maximum absolute atomic E-state index is 9.13. The Labute approximate surface area is 82.8 Å². The normalized spacial score (nSPS) is 26.2. The Kier molecular flexibility index (Phi) is 2.05. The Morgan fingerprint density at radius 3 is 3.00 bits per heavy atom. The molecule has 1 nitrogen and oxygen atoms in total. The van der Waals surface area contributed by atoms with Crippen LogP contribution in [0.1, 0.15) is 18.1 Å². The molecule has 1 aromatic rings. The molecule has 0 saturated carbocycles. The van der Waals surface area contributed by atoms with Crippen LogP contribution in [0.5, 0.6) is 0 Å². The van der Waals surface area contributed by atoms with Gasteiger partial charge in [0.1, 0.15) is 4.75 Å². The fourth-order valence-electron chi connectivity index (χ4n) is 1.74. The predicted molar refractivity (Wildman–Crippen MR) is 55.6 cm³/mol. The first kappa shape index (κ1) is 8.65. The molecule has 0 aromatic heterocycles. The molecule has 1 aliphatic heterocycles. The summed E-state index contributed by atoms with van der Waals surface area (Å²) in [6.45, 7) is 2.01. The molecule has 1 unspecified atom stereocenters. The van der Waals surface area contributed by atoms with Crippen molar-refractivity contribution in [1.82, 2.24) is 0 Å². The number of fused-ring (bicyclic) bond motifs is 1. The number of rotatable bonds is 0. The van der Waals surface area contributed by atoms with Crippen LogP contribution < -0.4 is 0 Å². The van der Waals surface area contributed by atoms with Gasteiger partial charge in [-0.15, -0.1) is 11.8 Å². The molecule has 0 bridgehead atoms. The highest BCUT2D eigenvalue weighted by atomic mass is 32.2. The highest BCUT2D eigenvalue weighted by Gasteiger charge is 2.32. The van der Waals surface area contributed by atoms with E-state index >= 15 is 0 Å². The van der Waals surface area contributed by atoms with Crippen molar-refractivity contribution in [2.75, 3.05) is 5.75 Å². The fourth-order valence-corrected chi connectivity index (χ4v) is 2.89. The van der Waals surface area contributed by atoms with E-state index in [0.29, 0.717) is 0 Å². The molecular formula is C11H11NS. The van der Waals surface area contributed by atoms with Gasteiger partial charge in [0.2, 0.25) is 0 Å². The second-order valence-corrected chi connectivity index (χ2v) is 4.91. The van der Waals surface area contributed by atoms with Crippen LogP contribution >= 0.6 is 11.8 Å². The maximum atomic E-state index is 9.13. The molecule has 2 heteroatoms. The molecule has 0 amide bonds. The Morgan fingerprint density at radius 1 is 1.46 bits per heavy atom. The second kappa shape index (κ2) is 3.08. The van der Waals surface area contributed by atoms with Gasteiger partial charge in [-0.25, -0.2) is 0 Å². The van der Waals surface area contributed by atoms with Crippen molar-refractivity contribution >= 4 is 11.8 Å². The lowest BCUT2D eigenvalue weighted by Crippen LogP contribution is -2.22. The van der Waals surface area contributed by atoms with Crippen molar-refractivity contribution in [3.8, 4) is 6.07 Å². The van der Waals surface area contributed by atoms with E-state index in [-0.39, 0.29) is 4.75 Å². The van der Waals surface area contributed by atoms with Crippen LogP contribution in [0.25, 0.3) is 0 Å². The number of nitriles is 1. The molecular weight excluding hydrogens is 178 g/mol. The molecule has 0 spiro atoms. The Morgan fingerprint density at radius 2 is 2.23 bits per heavy atom. The van der Waals surface area contributed by atoms with E-state index in [4.69, 9.17) is 5.26 Å². The van der Waals surface area contributed by atoms with Crippen LogP contribution in [0.2, 0.25) is 0 Å². The average molecular weight is 189 g/mol. The van der Waals surface area contributed by atoms with Gasteiger partial charge < -0.3 is 0 Å². The monoisotopic (exact) mass is 189 g/mol. The van der Waals surface area contributed by atoms with Crippen molar-refractivity contribution in [1.29, 1.82) is 5.26 Å². The van der Waals surface area contributed by atoms with Crippen LogP contribution in [0, 0.1) is 11.3 Å². The number of hydrogen-bond donors (Lipinski definition) is 0. The van der Waals surface area contributed by atoms with Gasteiger partial charge in [0, 0.05) is 0 Å². The highest BCUT2D eigenvalue weighted by molar-refractivity contribution is 8.00. The van der Waals surface area contributed by atoms with Gasteiger partial charge in [-0.2, -0.15) is 5.26 Å². The van der Waals surface area contributed by atoms with Crippen LogP contribution in [-0.4, -0.2) is 5.75 Å². The Hall–Kier alpha value is -0.940. The lowest BCUT2D eigenvalue weighted by Gasteiger charge is -2.28. The van der Waals surface area contributed by atoms with Crippen LogP contribution in [0.15, 0.2) is 24.3 Å². The quantitative estimate of drug-likeness (QED) is 0.626. The van der Waals surface area contributed by atoms with Crippen molar-refractivity contribution in [3.63, 3.8) is 0 Å². The Balaban J connectivity index is 2.56. The van der Waals surface area contributed by atoms with Gasteiger partial charge in [-0.3, -0.25) is 0 Å². The maximum Gasteiger partial charge on any atom is 0.125 e. The van der Waals surface area contributed by atoms with Gasteiger partial charge in [0.05, 0.1) is 6.07 Å². The first-order valence-electron chi connectivity index (χ1n) is 4.40. The minimum absolute atomic E-state index is 0.325. The lowest BCUT2D eigenvalue weighted by atomic mass is 9.94. The van der Waals surface area contributed by atoms with Gasteiger partial charge in [0.25, 0.3) is 0 Å². The summed E-state index contributed by atoms with van der Waals surface area (Å²) in [5.74, 6) is 1.06. The third-order valence-electron chi connectivity index (χ3n) is 2.51. The van der Waals surface area contributed by atoms with E-state index < -0.39 is 0 Å². The van der Waals surface area contributed by atoms with E-state index in [1.807, 2.05) is 19.1 Å². The molecule has 13 heavy (non-hydrogen) atoms. The van der Waals surface area contributed by atoms with Crippen molar-refractivity contribution in [3.05, 3.63) is 35.4 Å². The minimum atomic E-state index is -0.325. The van der Waals surface area contributed by atoms with Gasteiger partial charge >= 0.3 is 0 Å². The van der Waals surface area contributed by atoms with E-state index in [1.165, 1.54) is 11.1 Å². The number of nitrogens with zero attached hydrogens (tertiary/aromatic N) is 1. The van der Waals surface area contributed by atoms with Gasteiger partial charge in [-0.1, -0.05) is 24.3 Å². The topological polar surface area (TPSA) is 23.8 Å². The number of hydrogen-bond acceptors (Lipinski definition) is 2. The third-order valence-corrected chi connectivity index (χ3v) is 3.80. The molecule has 1 aliphatic rings. The van der Waals surface area contributed by atoms with Crippen molar-refractivity contribution in [2.45, 2.75) is 18.1 Å². The molecule has 0 radical (unpaired) electrons. The molecule has 0 aliphatic carbocycles. The number of benzene rings is 1. The molecule has 2 rings (SSSR count). The lowest BCUT2D eigenvalue weighted by molar-refractivity contribution is 0.846. The predicted octanol–water partition coefficient (Wildman–Crippen LogP) is 2.71. The summed E-state index contributed by atoms with van der Waals surface area (Å²) < 4.78 is -0.325. The first-order valence-corrected chi connectivity index (χ1v) is 5.38. The summed E-state index contributed by atoms with van der Waals surface area (Å²) in [6, 6.07) is 10.7. The van der Waals surface area contributed by atoms with Crippen LogP contribution in [-0.2, 0) is 11.2 Å². The number of thioether (sulfide) groups is 1. The van der Waals surface area contributed by atoms with Crippen molar-refractivity contribution in [2.24, 2.45) is 0 Å². The molecule has 0 N–H and O–H groups in total. The zero-order valence-corrected chi connectivity index (χ0v) is 8.40. The summed E-state index contributed by atoms with van der Waals surface area (Å²) in [4.78, 5) is 0. The van der Waals surface area contributed by atoms with E-state index in [2.05, 4.69) is 18.2 Å². The number of aryl methyl sites for hydroxylation is 1. The molecule has 1 heterocycles. The SMILES string of the molecule is CC1(C#N)SCCc2ccccc21. The minimum Gasteiger partial charge on any atom is -0.196 e. The average Bonchev–Trinajstić information content (AvgIpc) is 2.19. The first-order chi connectivity index (χ1) is 6.26. The fraction of sp³-hybridized carbons (Fsp3) is 0.364. The summed E-state index contributed by atoms with van der Waals surface area (Å²) in [7, 11) is 0. The second-order valence-electron chi connectivity index (χ2n) is 3.40. The molecule has 66 valence electrons. The molecule has 0 fully saturated rings. The zero-order chi connectivity index (χ0) is 9.31. The molecule has 1 atom stereocenters. The summed E-state index contributed by atoms with van der Waals surface area (Å²) in [6.07, 6.45) is 1.10. The smallest absolute Gasteiger partial charge is 0.125 e. The zero-order valence-electron chi connectivity index (χ0n) is 7.58. The highest BCUT2D eigenvalue weighted by Crippen LogP contribution is 2.41. The summed E-state index contributed by atoms with van der Waals surface area (Å²) in [5, 5.41) is 9.13.